The van der Waals surface area contributed by atoms with Crippen LogP contribution >= 0.6 is 0 Å². The molecule has 1 rings (SSSR count). The van der Waals surface area contributed by atoms with Crippen molar-refractivity contribution >= 4 is 5.97 Å². The number of ether oxygens (including phenoxy) is 3. The first-order valence-corrected chi connectivity index (χ1v) is 6.60. The highest BCUT2D eigenvalue weighted by Crippen LogP contribution is 2.18. The van der Waals surface area contributed by atoms with E-state index in [9.17, 15) is 4.79 Å². The molecule has 0 saturated carbocycles. The summed E-state index contributed by atoms with van der Waals surface area (Å²) in [5.74, 6) is 2.35. The molecular weight excluding hydrogens is 246 g/mol. The molecule has 0 aliphatic carbocycles. The summed E-state index contributed by atoms with van der Waals surface area (Å²) in [7, 11) is 4.10. The SMILES string of the molecule is C#CC[N+](C)(C)CCOC1OCCCC1OC(C)=O. The molecule has 2 unspecified atom stereocenters. The van der Waals surface area contributed by atoms with Crippen LogP contribution in [0.1, 0.15) is 19.8 Å². The summed E-state index contributed by atoms with van der Waals surface area (Å²) >= 11 is 0. The van der Waals surface area contributed by atoms with Crippen molar-refractivity contribution in [2.24, 2.45) is 0 Å². The van der Waals surface area contributed by atoms with E-state index in [0.717, 1.165) is 19.4 Å². The van der Waals surface area contributed by atoms with E-state index in [1.54, 1.807) is 0 Å². The van der Waals surface area contributed by atoms with Gasteiger partial charge in [0.25, 0.3) is 0 Å². The molecule has 1 aliphatic heterocycles. The van der Waals surface area contributed by atoms with Gasteiger partial charge in [0.05, 0.1) is 27.3 Å². The number of terminal acetylenes is 1. The summed E-state index contributed by atoms with van der Waals surface area (Å²) in [6.07, 6.45) is 6.24. The van der Waals surface area contributed by atoms with E-state index >= 15 is 0 Å². The van der Waals surface area contributed by atoms with Gasteiger partial charge in [0.2, 0.25) is 0 Å². The van der Waals surface area contributed by atoms with Crippen molar-refractivity contribution in [3.63, 3.8) is 0 Å². The van der Waals surface area contributed by atoms with Gasteiger partial charge in [-0.3, -0.25) is 4.79 Å². The molecule has 0 bridgehead atoms. The van der Waals surface area contributed by atoms with Crippen LogP contribution in [0.2, 0.25) is 0 Å². The Morgan fingerprint density at radius 1 is 1.53 bits per heavy atom. The van der Waals surface area contributed by atoms with Crippen LogP contribution in [0.4, 0.5) is 0 Å². The molecule has 1 heterocycles. The van der Waals surface area contributed by atoms with E-state index < -0.39 is 6.29 Å². The Hall–Kier alpha value is -1.09. The second kappa shape index (κ2) is 7.49. The highest BCUT2D eigenvalue weighted by Gasteiger charge is 2.29. The van der Waals surface area contributed by atoms with Gasteiger partial charge in [0.15, 0.2) is 12.4 Å². The summed E-state index contributed by atoms with van der Waals surface area (Å²) in [5.41, 5.74) is 0. The van der Waals surface area contributed by atoms with Gasteiger partial charge in [-0.05, 0) is 18.8 Å². The number of hydrogen-bond donors (Lipinski definition) is 0. The third-order valence-electron chi connectivity index (χ3n) is 3.03. The van der Waals surface area contributed by atoms with E-state index in [-0.39, 0.29) is 12.1 Å². The molecule has 19 heavy (non-hydrogen) atoms. The first-order valence-electron chi connectivity index (χ1n) is 6.60. The predicted molar refractivity (Wildman–Crippen MR) is 71.2 cm³/mol. The number of nitrogens with zero attached hydrogens (tertiary/aromatic N) is 1. The minimum absolute atomic E-state index is 0.297. The number of carbonyl (C=O) groups excluding carboxylic acids is 1. The average molecular weight is 270 g/mol. The zero-order valence-corrected chi connectivity index (χ0v) is 12.1. The monoisotopic (exact) mass is 270 g/mol. The summed E-state index contributed by atoms with van der Waals surface area (Å²) < 4.78 is 17.1. The average Bonchev–Trinajstić information content (AvgIpc) is 2.30. The highest BCUT2D eigenvalue weighted by molar-refractivity contribution is 5.66. The van der Waals surface area contributed by atoms with Crippen molar-refractivity contribution in [3.05, 3.63) is 0 Å². The fourth-order valence-electron chi connectivity index (χ4n) is 1.95. The number of likely N-dealkylation sites (N-methyl/N-ethyl adjacent to an activating group) is 1. The lowest BCUT2D eigenvalue weighted by atomic mass is 10.1. The minimum Gasteiger partial charge on any atom is -0.457 e. The number of hydrogen-bond acceptors (Lipinski definition) is 4. The molecule has 0 aromatic heterocycles. The van der Waals surface area contributed by atoms with Crippen molar-refractivity contribution < 1.29 is 23.5 Å². The predicted octanol–water partition coefficient (Wildman–Crippen LogP) is 0.781. The standard InChI is InChI=1S/C14H24NO4/c1-5-8-15(3,4)9-11-18-14-13(19-12(2)16)7-6-10-17-14/h1,13-14H,6-11H2,2-4H3/q+1. The van der Waals surface area contributed by atoms with Gasteiger partial charge in [-0.2, -0.15) is 0 Å². The maximum Gasteiger partial charge on any atom is 0.303 e. The van der Waals surface area contributed by atoms with E-state index in [1.165, 1.54) is 6.92 Å². The van der Waals surface area contributed by atoms with Gasteiger partial charge in [0, 0.05) is 6.92 Å². The Labute approximate surface area is 115 Å². The molecule has 5 heteroatoms. The van der Waals surface area contributed by atoms with Gasteiger partial charge < -0.3 is 18.7 Å². The summed E-state index contributed by atoms with van der Waals surface area (Å²) in [6.45, 7) is 4.01. The van der Waals surface area contributed by atoms with E-state index in [2.05, 4.69) is 20.0 Å². The van der Waals surface area contributed by atoms with Gasteiger partial charge in [-0.15, -0.1) is 6.42 Å². The van der Waals surface area contributed by atoms with Crippen LogP contribution in [0.5, 0.6) is 0 Å². The molecule has 0 aromatic rings. The molecule has 108 valence electrons. The third kappa shape index (κ3) is 6.06. The lowest BCUT2D eigenvalue weighted by molar-refractivity contribution is -0.883. The van der Waals surface area contributed by atoms with Crippen LogP contribution in [0.25, 0.3) is 0 Å². The molecule has 5 nitrogen and oxygen atoms in total. The number of esters is 1. The Kier molecular flexibility index (Phi) is 6.29. The quantitative estimate of drug-likeness (QED) is 0.406. The Morgan fingerprint density at radius 3 is 2.89 bits per heavy atom. The van der Waals surface area contributed by atoms with Crippen molar-refractivity contribution in [2.75, 3.05) is 40.4 Å². The van der Waals surface area contributed by atoms with Gasteiger partial charge >= 0.3 is 5.97 Å². The van der Waals surface area contributed by atoms with Gasteiger partial charge in [-0.25, -0.2) is 0 Å². The van der Waals surface area contributed by atoms with Crippen LogP contribution in [0.15, 0.2) is 0 Å². The maximum atomic E-state index is 11.0. The maximum absolute atomic E-state index is 11.0. The minimum atomic E-state index is -0.455. The van der Waals surface area contributed by atoms with Gasteiger partial charge in [0.1, 0.15) is 13.1 Å². The molecular formula is C14H24NO4+. The summed E-state index contributed by atoms with van der Waals surface area (Å²) in [4.78, 5) is 11.0. The number of rotatable bonds is 6. The fraction of sp³-hybridized carbons (Fsp3) is 0.786. The first-order chi connectivity index (χ1) is 8.94. The topological polar surface area (TPSA) is 44.8 Å². The molecule has 1 saturated heterocycles. The zero-order chi connectivity index (χ0) is 14.3. The van der Waals surface area contributed by atoms with E-state index in [0.29, 0.717) is 24.2 Å². The van der Waals surface area contributed by atoms with E-state index in [4.69, 9.17) is 20.6 Å². The Morgan fingerprint density at radius 2 is 2.26 bits per heavy atom. The lowest BCUT2D eigenvalue weighted by Crippen LogP contribution is -2.45. The van der Waals surface area contributed by atoms with Crippen LogP contribution in [-0.2, 0) is 19.0 Å². The number of carbonyl (C=O) groups is 1. The van der Waals surface area contributed by atoms with Crippen LogP contribution in [0, 0.1) is 12.3 Å². The summed E-state index contributed by atoms with van der Waals surface area (Å²) in [5, 5.41) is 0. The summed E-state index contributed by atoms with van der Waals surface area (Å²) in [6, 6.07) is 0. The molecule has 0 spiro atoms. The fourth-order valence-corrected chi connectivity index (χ4v) is 1.95. The molecule has 2 atom stereocenters. The first kappa shape index (κ1) is 16.0. The van der Waals surface area contributed by atoms with Crippen LogP contribution < -0.4 is 0 Å². The second-order valence-electron chi connectivity index (χ2n) is 5.42. The van der Waals surface area contributed by atoms with Crippen molar-refractivity contribution in [3.8, 4) is 12.3 Å². The Bertz CT molecular complexity index is 335. The highest BCUT2D eigenvalue weighted by atomic mass is 16.7. The molecule has 0 amide bonds. The lowest BCUT2D eigenvalue weighted by Gasteiger charge is -2.32. The van der Waals surface area contributed by atoms with Crippen molar-refractivity contribution in [1.29, 1.82) is 0 Å². The normalized spacial score (nSPS) is 23.7. The number of quaternary nitrogens is 1. The largest absolute Gasteiger partial charge is 0.457 e. The van der Waals surface area contributed by atoms with Crippen molar-refractivity contribution in [2.45, 2.75) is 32.2 Å². The second-order valence-corrected chi connectivity index (χ2v) is 5.42. The van der Waals surface area contributed by atoms with Gasteiger partial charge in [-0.1, -0.05) is 0 Å². The van der Waals surface area contributed by atoms with Crippen LogP contribution in [-0.4, -0.2) is 63.2 Å². The smallest absolute Gasteiger partial charge is 0.303 e. The third-order valence-corrected chi connectivity index (χ3v) is 3.03. The molecule has 1 fully saturated rings. The molecule has 0 aromatic carbocycles. The Balaban J connectivity index is 2.37. The van der Waals surface area contributed by atoms with Crippen LogP contribution in [0.3, 0.4) is 0 Å². The van der Waals surface area contributed by atoms with E-state index in [1.807, 2.05) is 0 Å². The zero-order valence-electron chi connectivity index (χ0n) is 12.1. The van der Waals surface area contributed by atoms with Crippen molar-refractivity contribution in [1.82, 2.24) is 0 Å². The molecule has 0 N–H and O–H groups in total. The molecule has 1 aliphatic rings. The molecule has 0 radical (unpaired) electrons.